The average Bonchev–Trinajstić information content (AvgIpc) is 2.58. The fraction of sp³-hybridized carbons (Fsp3) is 0.579. The summed E-state index contributed by atoms with van der Waals surface area (Å²) in [4.78, 5) is 0. The van der Waals surface area contributed by atoms with Crippen LogP contribution >= 0.6 is 0 Å². The van der Waals surface area contributed by atoms with Crippen molar-refractivity contribution in [3.8, 4) is 23.3 Å². The van der Waals surface area contributed by atoms with E-state index in [4.69, 9.17) is 23.7 Å². The van der Waals surface area contributed by atoms with Crippen LogP contribution < -0.4 is 9.47 Å². The monoisotopic (exact) mass is 350 g/mol. The third-order valence-corrected chi connectivity index (χ3v) is 3.17. The van der Waals surface area contributed by atoms with Gasteiger partial charge in [-0.05, 0) is 32.0 Å². The van der Waals surface area contributed by atoms with Gasteiger partial charge >= 0.3 is 0 Å². The van der Waals surface area contributed by atoms with Crippen molar-refractivity contribution in [1.82, 2.24) is 0 Å². The van der Waals surface area contributed by atoms with E-state index >= 15 is 0 Å². The molecular formula is C19H26O6. The van der Waals surface area contributed by atoms with Crippen LogP contribution in [0.1, 0.15) is 19.4 Å². The van der Waals surface area contributed by atoms with Gasteiger partial charge in [0, 0.05) is 5.56 Å². The summed E-state index contributed by atoms with van der Waals surface area (Å²) in [6.45, 7) is 7.15. The molecule has 1 aliphatic heterocycles. The van der Waals surface area contributed by atoms with Gasteiger partial charge in [0.25, 0.3) is 0 Å². The minimum atomic E-state index is -1.05. The van der Waals surface area contributed by atoms with Gasteiger partial charge in [0.1, 0.15) is 18.8 Å². The molecule has 2 rings (SSSR count). The highest BCUT2D eigenvalue weighted by Crippen LogP contribution is 2.28. The molecule has 1 heterocycles. The van der Waals surface area contributed by atoms with Crippen molar-refractivity contribution < 1.29 is 28.8 Å². The largest absolute Gasteiger partial charge is 0.487 e. The van der Waals surface area contributed by atoms with Crippen LogP contribution in [0.4, 0.5) is 0 Å². The van der Waals surface area contributed by atoms with E-state index in [0.29, 0.717) is 64.4 Å². The van der Waals surface area contributed by atoms with Crippen LogP contribution in [0.5, 0.6) is 11.5 Å². The third-order valence-electron chi connectivity index (χ3n) is 3.17. The molecule has 6 nitrogen and oxygen atoms in total. The SMILES string of the molecule is CC(C)(O)C#Cc1ccc2c(c1)OCCOCCOCCOCCO2. The van der Waals surface area contributed by atoms with Gasteiger partial charge in [0.05, 0.1) is 39.6 Å². The Morgan fingerprint density at radius 2 is 1.32 bits per heavy atom. The number of hydrogen-bond acceptors (Lipinski definition) is 6. The molecule has 0 unspecified atom stereocenters. The molecule has 1 aromatic carbocycles. The first-order valence-corrected chi connectivity index (χ1v) is 8.43. The van der Waals surface area contributed by atoms with Crippen LogP contribution in [-0.2, 0) is 14.2 Å². The van der Waals surface area contributed by atoms with Gasteiger partial charge in [-0.15, -0.1) is 0 Å². The fourth-order valence-corrected chi connectivity index (χ4v) is 2.01. The van der Waals surface area contributed by atoms with Crippen molar-refractivity contribution in [2.45, 2.75) is 19.4 Å². The van der Waals surface area contributed by atoms with Gasteiger partial charge in [-0.2, -0.15) is 0 Å². The molecule has 0 atom stereocenters. The second-order valence-corrected chi connectivity index (χ2v) is 6.00. The van der Waals surface area contributed by atoms with Crippen molar-refractivity contribution in [1.29, 1.82) is 0 Å². The van der Waals surface area contributed by atoms with Gasteiger partial charge < -0.3 is 28.8 Å². The first kappa shape index (κ1) is 19.5. The maximum atomic E-state index is 9.73. The molecule has 1 aliphatic rings. The summed E-state index contributed by atoms with van der Waals surface area (Å²) < 4.78 is 27.8. The number of rotatable bonds is 0. The fourth-order valence-electron chi connectivity index (χ4n) is 2.01. The summed E-state index contributed by atoms with van der Waals surface area (Å²) in [5, 5.41) is 9.73. The Labute approximate surface area is 149 Å². The smallest absolute Gasteiger partial charge is 0.162 e. The normalized spacial score (nSPS) is 17.6. The summed E-state index contributed by atoms with van der Waals surface area (Å²) in [5.74, 6) is 6.95. The second-order valence-electron chi connectivity index (χ2n) is 6.00. The number of ether oxygens (including phenoxy) is 5. The van der Waals surface area contributed by atoms with Gasteiger partial charge in [0.2, 0.25) is 0 Å². The highest BCUT2D eigenvalue weighted by molar-refractivity contribution is 5.48. The van der Waals surface area contributed by atoms with Crippen LogP contribution in [-0.4, -0.2) is 63.6 Å². The molecule has 0 fully saturated rings. The zero-order chi connectivity index (χ0) is 18.0. The maximum Gasteiger partial charge on any atom is 0.162 e. The topological polar surface area (TPSA) is 66.4 Å². The van der Waals surface area contributed by atoms with E-state index in [0.717, 1.165) is 5.56 Å². The van der Waals surface area contributed by atoms with E-state index in [1.807, 2.05) is 12.1 Å². The van der Waals surface area contributed by atoms with Gasteiger partial charge in [0.15, 0.2) is 11.5 Å². The molecule has 0 saturated carbocycles. The number of benzene rings is 1. The first-order valence-electron chi connectivity index (χ1n) is 8.43. The molecular weight excluding hydrogens is 324 g/mol. The Kier molecular flexibility index (Phi) is 8.02. The minimum absolute atomic E-state index is 0.398. The highest BCUT2D eigenvalue weighted by Gasteiger charge is 2.09. The Balaban J connectivity index is 2.07. The van der Waals surface area contributed by atoms with E-state index in [-0.39, 0.29) is 0 Å². The lowest BCUT2D eigenvalue weighted by atomic mass is 10.1. The molecule has 25 heavy (non-hydrogen) atoms. The zero-order valence-electron chi connectivity index (χ0n) is 14.9. The highest BCUT2D eigenvalue weighted by atomic mass is 16.6. The standard InChI is InChI=1S/C19H26O6/c1-19(2,20)6-5-16-3-4-17-18(15-16)25-14-12-23-10-8-21-7-9-22-11-13-24-17/h3-4,15,20H,7-14H2,1-2H3. The molecule has 1 N–H and O–H groups in total. The van der Waals surface area contributed by atoms with Crippen molar-refractivity contribution in [2.75, 3.05) is 52.9 Å². The summed E-state index contributed by atoms with van der Waals surface area (Å²) in [7, 11) is 0. The molecule has 0 amide bonds. The molecule has 138 valence electrons. The Bertz CT molecular complexity index is 582. The molecule has 0 radical (unpaired) electrons. The summed E-state index contributed by atoms with van der Waals surface area (Å²) in [6.07, 6.45) is 0. The molecule has 1 aromatic rings. The number of hydrogen-bond donors (Lipinski definition) is 1. The molecule has 0 spiro atoms. The molecule has 0 saturated heterocycles. The van der Waals surface area contributed by atoms with Crippen molar-refractivity contribution in [3.63, 3.8) is 0 Å². The van der Waals surface area contributed by atoms with Gasteiger partial charge in [-0.25, -0.2) is 0 Å². The molecule has 6 heteroatoms. The lowest BCUT2D eigenvalue weighted by molar-refractivity contribution is 0.00708. The van der Waals surface area contributed by atoms with Crippen molar-refractivity contribution in [2.24, 2.45) is 0 Å². The second kappa shape index (κ2) is 10.3. The maximum absolute atomic E-state index is 9.73. The van der Waals surface area contributed by atoms with E-state index in [9.17, 15) is 5.11 Å². The van der Waals surface area contributed by atoms with Gasteiger partial charge in [-0.1, -0.05) is 11.8 Å². The predicted molar refractivity (Wildman–Crippen MR) is 93.1 cm³/mol. The Morgan fingerprint density at radius 1 is 0.800 bits per heavy atom. The number of aliphatic hydroxyl groups is 1. The summed E-state index contributed by atoms with van der Waals surface area (Å²) >= 11 is 0. The molecule has 0 aliphatic carbocycles. The van der Waals surface area contributed by atoms with Crippen LogP contribution in [0.15, 0.2) is 18.2 Å². The Hall–Kier alpha value is -1.78. The van der Waals surface area contributed by atoms with E-state index in [1.165, 1.54) is 0 Å². The quantitative estimate of drug-likeness (QED) is 0.718. The number of fused-ring (bicyclic) bond motifs is 1. The van der Waals surface area contributed by atoms with Crippen LogP contribution in [0, 0.1) is 11.8 Å². The van der Waals surface area contributed by atoms with E-state index in [2.05, 4.69) is 11.8 Å². The van der Waals surface area contributed by atoms with E-state index in [1.54, 1.807) is 19.9 Å². The minimum Gasteiger partial charge on any atom is -0.487 e. The molecule has 0 bridgehead atoms. The average molecular weight is 350 g/mol. The lowest BCUT2D eigenvalue weighted by Gasteiger charge is -2.13. The zero-order valence-corrected chi connectivity index (χ0v) is 14.9. The van der Waals surface area contributed by atoms with Crippen LogP contribution in [0.25, 0.3) is 0 Å². The van der Waals surface area contributed by atoms with Crippen LogP contribution in [0.2, 0.25) is 0 Å². The Morgan fingerprint density at radius 3 is 1.88 bits per heavy atom. The van der Waals surface area contributed by atoms with Crippen molar-refractivity contribution >= 4 is 0 Å². The lowest BCUT2D eigenvalue weighted by Crippen LogP contribution is -2.14. The summed E-state index contributed by atoms with van der Waals surface area (Å²) in [6, 6.07) is 5.45. The van der Waals surface area contributed by atoms with Crippen LogP contribution in [0.3, 0.4) is 0 Å². The third kappa shape index (κ3) is 8.23. The van der Waals surface area contributed by atoms with Gasteiger partial charge in [-0.3, -0.25) is 0 Å². The summed E-state index contributed by atoms with van der Waals surface area (Å²) in [5.41, 5.74) is -0.302. The first-order chi connectivity index (χ1) is 12.0. The predicted octanol–water partition coefficient (Wildman–Crippen LogP) is 1.63. The molecule has 0 aromatic heterocycles. The van der Waals surface area contributed by atoms with Crippen molar-refractivity contribution in [3.05, 3.63) is 23.8 Å². The van der Waals surface area contributed by atoms with E-state index < -0.39 is 5.60 Å².